The van der Waals surface area contributed by atoms with Gasteiger partial charge in [0.1, 0.15) is 6.61 Å². The summed E-state index contributed by atoms with van der Waals surface area (Å²) >= 11 is 0. The predicted octanol–water partition coefficient (Wildman–Crippen LogP) is 2.19. The Morgan fingerprint density at radius 2 is 2.22 bits per heavy atom. The number of benzene rings is 1. The maximum absolute atomic E-state index is 11.7. The van der Waals surface area contributed by atoms with Gasteiger partial charge in [0.25, 0.3) is 6.43 Å². The Kier molecular flexibility index (Phi) is 5.51. The highest BCUT2D eigenvalue weighted by molar-refractivity contribution is 5.91. The lowest BCUT2D eigenvalue weighted by atomic mass is 10.2. The van der Waals surface area contributed by atoms with Gasteiger partial charge in [-0.05, 0) is 24.6 Å². The number of ether oxygens (including phenoxy) is 1. The third kappa shape index (κ3) is 5.09. The summed E-state index contributed by atoms with van der Waals surface area (Å²) in [4.78, 5) is 11.4. The second-order valence-corrected chi connectivity index (χ2v) is 3.84. The maximum atomic E-state index is 11.7. The first-order chi connectivity index (χ1) is 8.49. The van der Waals surface area contributed by atoms with Crippen LogP contribution in [0.3, 0.4) is 0 Å². The number of carbonyl (C=O) groups excluding carboxylic acids is 1. The molecule has 100 valence electrons. The smallest absolute Gasteiger partial charge is 0.261 e. The van der Waals surface area contributed by atoms with Crippen LogP contribution < -0.4 is 11.1 Å². The summed E-state index contributed by atoms with van der Waals surface area (Å²) in [7, 11) is 0. The zero-order chi connectivity index (χ0) is 13.5. The van der Waals surface area contributed by atoms with Crippen LogP contribution in [0.4, 0.5) is 20.2 Å². The van der Waals surface area contributed by atoms with E-state index in [9.17, 15) is 13.6 Å². The van der Waals surface area contributed by atoms with E-state index in [1.165, 1.54) is 0 Å². The third-order valence-electron chi connectivity index (χ3n) is 2.28. The second-order valence-electron chi connectivity index (χ2n) is 3.84. The van der Waals surface area contributed by atoms with E-state index in [4.69, 9.17) is 5.73 Å². The number of amides is 1. The molecule has 0 heterocycles. The van der Waals surface area contributed by atoms with Gasteiger partial charge in [0, 0.05) is 11.4 Å². The fourth-order valence-corrected chi connectivity index (χ4v) is 1.28. The Labute approximate surface area is 104 Å². The van der Waals surface area contributed by atoms with Gasteiger partial charge in [-0.3, -0.25) is 4.79 Å². The Morgan fingerprint density at radius 3 is 2.83 bits per heavy atom. The van der Waals surface area contributed by atoms with Gasteiger partial charge >= 0.3 is 0 Å². The Morgan fingerprint density at radius 1 is 1.50 bits per heavy atom. The van der Waals surface area contributed by atoms with Crippen molar-refractivity contribution in [1.29, 1.82) is 0 Å². The lowest BCUT2D eigenvalue weighted by Gasteiger charge is -2.08. The number of aryl methyl sites for hydroxylation is 1. The quantitative estimate of drug-likeness (QED) is 0.607. The van der Waals surface area contributed by atoms with Gasteiger partial charge in [-0.15, -0.1) is 0 Å². The zero-order valence-corrected chi connectivity index (χ0v) is 10.1. The number of alkyl halides is 2. The molecule has 4 nitrogen and oxygen atoms in total. The Balaban J connectivity index is 2.33. The summed E-state index contributed by atoms with van der Waals surface area (Å²) in [5, 5.41) is 2.61. The van der Waals surface area contributed by atoms with Crippen molar-refractivity contribution in [3.63, 3.8) is 0 Å². The van der Waals surface area contributed by atoms with Crippen LogP contribution in [0.5, 0.6) is 0 Å². The number of nitrogens with one attached hydrogen (secondary N) is 1. The molecular weight excluding hydrogens is 242 g/mol. The Bertz CT molecular complexity index is 411. The Hall–Kier alpha value is -1.69. The minimum Gasteiger partial charge on any atom is -0.398 e. The number of nitrogen functional groups attached to an aromatic ring is 1. The number of halogens is 2. The highest BCUT2D eigenvalue weighted by Gasteiger charge is 2.06. The standard InChI is InChI=1S/C12H16F2N2O2/c1-8-2-3-9(6-10(8)15)16-12(17)4-5-18-7-11(13)14/h2-3,6,11H,4-5,7,15H2,1H3,(H,16,17). The van der Waals surface area contributed by atoms with Crippen LogP contribution in [0.1, 0.15) is 12.0 Å². The summed E-state index contributed by atoms with van der Waals surface area (Å²) in [5.41, 5.74) is 7.78. The highest BCUT2D eigenvalue weighted by Crippen LogP contribution is 2.16. The van der Waals surface area contributed by atoms with Crippen molar-refractivity contribution in [2.45, 2.75) is 19.8 Å². The first-order valence-corrected chi connectivity index (χ1v) is 5.51. The van der Waals surface area contributed by atoms with Gasteiger partial charge in [-0.25, -0.2) is 8.78 Å². The summed E-state index contributed by atoms with van der Waals surface area (Å²) in [6.45, 7) is 1.18. The number of hydrogen-bond donors (Lipinski definition) is 2. The van der Waals surface area contributed by atoms with Crippen LogP contribution in [0.25, 0.3) is 0 Å². The molecule has 0 atom stereocenters. The van der Waals surface area contributed by atoms with Crippen molar-refractivity contribution < 1.29 is 18.3 Å². The number of rotatable bonds is 6. The van der Waals surface area contributed by atoms with Gasteiger partial charge in [0.2, 0.25) is 5.91 Å². The lowest BCUT2D eigenvalue weighted by molar-refractivity contribution is -0.117. The van der Waals surface area contributed by atoms with Crippen LogP contribution in [-0.4, -0.2) is 25.5 Å². The van der Waals surface area contributed by atoms with Crippen LogP contribution in [-0.2, 0) is 9.53 Å². The molecular formula is C12H16F2N2O2. The molecule has 0 saturated carbocycles. The first-order valence-electron chi connectivity index (χ1n) is 5.51. The molecule has 0 saturated heterocycles. The molecule has 0 spiro atoms. The molecule has 1 rings (SSSR count). The molecule has 18 heavy (non-hydrogen) atoms. The molecule has 1 amide bonds. The number of anilines is 2. The highest BCUT2D eigenvalue weighted by atomic mass is 19.3. The van der Waals surface area contributed by atoms with Crippen molar-refractivity contribution in [2.24, 2.45) is 0 Å². The molecule has 0 aromatic heterocycles. The van der Waals surface area contributed by atoms with Crippen LogP contribution in [0.15, 0.2) is 18.2 Å². The molecule has 3 N–H and O–H groups in total. The van der Waals surface area contributed by atoms with Crippen LogP contribution in [0.2, 0.25) is 0 Å². The van der Waals surface area contributed by atoms with Gasteiger partial charge in [0.15, 0.2) is 0 Å². The number of nitrogens with two attached hydrogens (primary N) is 1. The summed E-state index contributed by atoms with van der Waals surface area (Å²) < 4.78 is 28.1. The monoisotopic (exact) mass is 258 g/mol. The van der Waals surface area contributed by atoms with Crippen LogP contribution >= 0.6 is 0 Å². The fraction of sp³-hybridized carbons (Fsp3) is 0.417. The van der Waals surface area contributed by atoms with Crippen molar-refractivity contribution >= 4 is 17.3 Å². The molecule has 0 fully saturated rings. The molecule has 0 radical (unpaired) electrons. The molecule has 1 aromatic carbocycles. The third-order valence-corrected chi connectivity index (χ3v) is 2.28. The fourth-order valence-electron chi connectivity index (χ4n) is 1.28. The molecule has 1 aromatic rings. The molecule has 0 aliphatic heterocycles. The second kappa shape index (κ2) is 6.90. The van der Waals surface area contributed by atoms with Crippen molar-refractivity contribution in [2.75, 3.05) is 24.3 Å². The lowest BCUT2D eigenvalue weighted by Crippen LogP contribution is -2.15. The topological polar surface area (TPSA) is 64.3 Å². The SMILES string of the molecule is Cc1ccc(NC(=O)CCOCC(F)F)cc1N. The normalized spacial score (nSPS) is 10.7. The maximum Gasteiger partial charge on any atom is 0.261 e. The van der Waals surface area contributed by atoms with E-state index in [2.05, 4.69) is 10.1 Å². The average molecular weight is 258 g/mol. The minimum absolute atomic E-state index is 0.0283. The minimum atomic E-state index is -2.51. The van der Waals surface area contributed by atoms with Crippen molar-refractivity contribution in [3.8, 4) is 0 Å². The van der Waals surface area contributed by atoms with E-state index in [0.717, 1.165) is 5.56 Å². The van der Waals surface area contributed by atoms with E-state index >= 15 is 0 Å². The van der Waals surface area contributed by atoms with Gasteiger partial charge in [-0.1, -0.05) is 6.07 Å². The summed E-state index contributed by atoms with van der Waals surface area (Å²) in [6, 6.07) is 5.16. The van der Waals surface area contributed by atoms with Crippen molar-refractivity contribution in [3.05, 3.63) is 23.8 Å². The van der Waals surface area contributed by atoms with E-state index in [-0.39, 0.29) is 18.9 Å². The van der Waals surface area contributed by atoms with Gasteiger partial charge in [0.05, 0.1) is 13.0 Å². The average Bonchev–Trinajstić information content (AvgIpc) is 2.29. The molecule has 0 aliphatic rings. The van der Waals surface area contributed by atoms with E-state index in [0.29, 0.717) is 11.4 Å². The molecule has 6 heteroatoms. The van der Waals surface area contributed by atoms with Gasteiger partial charge in [-0.2, -0.15) is 0 Å². The largest absolute Gasteiger partial charge is 0.398 e. The predicted molar refractivity (Wildman–Crippen MR) is 65.7 cm³/mol. The number of carbonyl (C=O) groups is 1. The summed E-state index contributed by atoms with van der Waals surface area (Å²) in [6.07, 6.45) is -2.48. The van der Waals surface area contributed by atoms with E-state index in [1.807, 2.05) is 6.92 Å². The van der Waals surface area contributed by atoms with Gasteiger partial charge < -0.3 is 15.8 Å². The zero-order valence-electron chi connectivity index (χ0n) is 10.1. The van der Waals surface area contributed by atoms with E-state index in [1.54, 1.807) is 18.2 Å². The molecule has 0 aliphatic carbocycles. The van der Waals surface area contributed by atoms with Crippen LogP contribution in [0, 0.1) is 6.92 Å². The van der Waals surface area contributed by atoms with E-state index < -0.39 is 13.0 Å². The summed E-state index contributed by atoms with van der Waals surface area (Å²) in [5.74, 6) is -0.299. The molecule has 0 bridgehead atoms. The first kappa shape index (κ1) is 14.4. The molecule has 0 unspecified atom stereocenters. The van der Waals surface area contributed by atoms with Crippen molar-refractivity contribution in [1.82, 2.24) is 0 Å². The number of hydrogen-bond acceptors (Lipinski definition) is 3.